The molecule has 2 unspecified atom stereocenters. The first-order valence-electron chi connectivity index (χ1n) is 36.6. The highest BCUT2D eigenvalue weighted by Gasteiger charge is 2.50. The van der Waals surface area contributed by atoms with Crippen molar-refractivity contribution < 1.29 is 19.7 Å². The number of esters is 1. The molecule has 0 radical (unpaired) electrons. The number of hydrogen-bond acceptors (Lipinski definition) is 13. The smallest absolute Gasteiger partial charge is 0.321 e. The Balaban J connectivity index is 1.15. The van der Waals surface area contributed by atoms with Crippen LogP contribution in [0.1, 0.15) is 322 Å². The van der Waals surface area contributed by atoms with Gasteiger partial charge in [-0.15, -0.1) is 30.6 Å². The first-order chi connectivity index (χ1) is 44.3. The summed E-state index contributed by atoms with van der Waals surface area (Å²) in [4.78, 5) is 15.6. The number of aliphatic hydroxyl groups is 2. The molecular weight excluding hydrogens is 1170 g/mol. The van der Waals surface area contributed by atoms with E-state index in [0.717, 1.165) is 102 Å². The second-order valence-corrected chi connectivity index (χ2v) is 29.1. The van der Waals surface area contributed by atoms with E-state index < -0.39 is 30.0 Å². The van der Waals surface area contributed by atoms with E-state index >= 15 is 4.79 Å². The standard InChI is InChI=1S/C77H118N6O4S3/c1-5-9-12-15-18-21-24-27-30-33-36-39-42-45-70-78-81-73(88-70)63-50-48-62(49-51-63)69(8-4)77(76(86)87-61-68(85)60-84,66-56-52-64(53-57-66)74-82-79-71(89-74)46-43-40-37-34-31-28-25-22-19-16-13-10-6-2)67-58-54-65(55-59-67)75-83-80-72(90-75)47-44-41-38-35-32-29-26-23-20-17-14-11-7-3/h48-59,68-69,84-85H,5-47,60-61H2,1-4H3. The molecule has 0 amide bonds. The number of unbranched alkanes of at least 4 members (excludes halogenated alkanes) is 36. The molecule has 3 heterocycles. The molecular formula is C77H118N6O4S3. The number of rotatable bonds is 54. The minimum absolute atomic E-state index is 0.346. The third-order valence-corrected chi connectivity index (χ3v) is 21.6. The molecule has 2 N–H and O–H groups in total. The largest absolute Gasteiger partial charge is 0.462 e. The summed E-state index contributed by atoms with van der Waals surface area (Å²) in [6, 6.07) is 24.9. The molecule has 0 saturated carbocycles. The summed E-state index contributed by atoms with van der Waals surface area (Å²) in [5, 5.41) is 54.4. The molecule has 0 saturated heterocycles. The van der Waals surface area contributed by atoms with Gasteiger partial charge in [-0.05, 0) is 42.4 Å². The molecule has 0 bridgehead atoms. The average molecular weight is 1290 g/mol. The number of carbonyl (C=O) groups excluding carboxylic acids is 1. The van der Waals surface area contributed by atoms with E-state index in [0.29, 0.717) is 6.42 Å². The summed E-state index contributed by atoms with van der Waals surface area (Å²) in [6.07, 6.45) is 53.9. The van der Waals surface area contributed by atoms with Crippen LogP contribution >= 0.6 is 34.0 Å². The molecule has 0 aliphatic rings. The molecule has 3 aromatic carbocycles. The van der Waals surface area contributed by atoms with Gasteiger partial charge < -0.3 is 14.9 Å². The third-order valence-electron chi connectivity index (χ3n) is 18.5. The fourth-order valence-electron chi connectivity index (χ4n) is 13.0. The van der Waals surface area contributed by atoms with Crippen LogP contribution < -0.4 is 0 Å². The van der Waals surface area contributed by atoms with Crippen molar-refractivity contribution in [2.24, 2.45) is 0 Å². The predicted octanol–water partition coefficient (Wildman–Crippen LogP) is 22.5. The number of aryl methyl sites for hydroxylation is 3. The lowest BCUT2D eigenvalue weighted by molar-refractivity contribution is -0.153. The highest BCUT2D eigenvalue weighted by Crippen LogP contribution is 2.49. The van der Waals surface area contributed by atoms with Crippen LogP contribution in [0, 0.1) is 0 Å². The number of hydrogen-bond donors (Lipinski definition) is 2. The van der Waals surface area contributed by atoms with Gasteiger partial charge in [-0.3, -0.25) is 4.79 Å². The first-order valence-corrected chi connectivity index (χ1v) is 39.0. The van der Waals surface area contributed by atoms with Crippen LogP contribution in [0.5, 0.6) is 0 Å². The van der Waals surface area contributed by atoms with Gasteiger partial charge in [0.15, 0.2) is 0 Å². The van der Waals surface area contributed by atoms with E-state index in [1.165, 1.54) is 231 Å². The van der Waals surface area contributed by atoms with Gasteiger partial charge in [-0.25, -0.2) is 0 Å². The lowest BCUT2D eigenvalue weighted by Crippen LogP contribution is -2.45. The van der Waals surface area contributed by atoms with Crippen LogP contribution in [0.3, 0.4) is 0 Å². The quantitative estimate of drug-likeness (QED) is 0.0280. The Bertz CT molecular complexity index is 2630. The van der Waals surface area contributed by atoms with Crippen molar-refractivity contribution in [3.8, 4) is 31.7 Å². The Morgan fingerprint density at radius 3 is 0.922 bits per heavy atom. The lowest BCUT2D eigenvalue weighted by Gasteiger charge is -2.40. The lowest BCUT2D eigenvalue weighted by atomic mass is 9.62. The van der Waals surface area contributed by atoms with E-state index in [4.69, 9.17) is 4.74 Å². The van der Waals surface area contributed by atoms with Gasteiger partial charge >= 0.3 is 5.97 Å². The molecule has 3 aromatic heterocycles. The van der Waals surface area contributed by atoms with Crippen molar-refractivity contribution in [3.05, 3.63) is 105 Å². The molecule has 6 aromatic rings. The van der Waals surface area contributed by atoms with Gasteiger partial charge in [0.05, 0.1) is 6.61 Å². The van der Waals surface area contributed by atoms with Crippen LogP contribution in [0.25, 0.3) is 31.7 Å². The van der Waals surface area contributed by atoms with Gasteiger partial charge in [0.25, 0.3) is 0 Å². The van der Waals surface area contributed by atoms with Crippen molar-refractivity contribution in [2.75, 3.05) is 13.2 Å². The van der Waals surface area contributed by atoms with E-state index in [1.807, 2.05) is 24.3 Å². The Morgan fingerprint density at radius 2 is 0.656 bits per heavy atom. The molecule has 0 spiro atoms. The SMILES string of the molecule is CCCCCCCCCCCCCCCc1nnc(-c2ccc(C(CC)C(C(=O)OCC(O)CO)(c3ccc(-c4nnc(CCCCCCCCCCCCCCC)s4)cc3)c3ccc(-c4nnc(CCCCCCCCCCCCCCC)s4)cc3)cc2)s1. The normalized spacial score (nSPS) is 12.5. The summed E-state index contributed by atoms with van der Waals surface area (Å²) < 4.78 is 6.18. The Morgan fingerprint density at radius 1 is 0.389 bits per heavy atom. The van der Waals surface area contributed by atoms with Crippen LogP contribution in [-0.2, 0) is 34.2 Å². The number of aromatic nitrogens is 6. The maximum Gasteiger partial charge on any atom is 0.321 e. The monoisotopic (exact) mass is 1290 g/mol. The second kappa shape index (κ2) is 45.9. The zero-order chi connectivity index (χ0) is 63.5. The Kier molecular flexibility index (Phi) is 38.2. The number of aliphatic hydroxyl groups excluding tert-OH is 2. The molecule has 13 heteroatoms. The van der Waals surface area contributed by atoms with Crippen molar-refractivity contribution >= 4 is 40.0 Å². The van der Waals surface area contributed by atoms with Crippen molar-refractivity contribution in [2.45, 2.75) is 321 Å². The Labute approximate surface area is 557 Å². The number of nitrogens with zero attached hydrogens (tertiary/aromatic N) is 6. The van der Waals surface area contributed by atoms with Crippen LogP contribution in [0.15, 0.2) is 72.8 Å². The second-order valence-electron chi connectivity index (χ2n) is 26.0. The van der Waals surface area contributed by atoms with E-state index in [1.54, 1.807) is 34.0 Å². The van der Waals surface area contributed by atoms with Crippen molar-refractivity contribution in [3.63, 3.8) is 0 Å². The van der Waals surface area contributed by atoms with Crippen LogP contribution in [0.2, 0.25) is 0 Å². The minimum Gasteiger partial charge on any atom is -0.462 e. The zero-order valence-electron chi connectivity index (χ0n) is 56.5. The minimum atomic E-state index is -1.38. The number of ether oxygens (including phenoxy) is 1. The first kappa shape index (κ1) is 74.8. The maximum atomic E-state index is 15.6. The number of benzene rings is 3. The molecule has 0 aliphatic heterocycles. The van der Waals surface area contributed by atoms with E-state index in [-0.39, 0.29) is 6.61 Å². The summed E-state index contributed by atoms with van der Waals surface area (Å²) in [5.74, 6) is -0.912. The summed E-state index contributed by atoms with van der Waals surface area (Å²) in [7, 11) is 0. The topological polar surface area (TPSA) is 144 Å². The molecule has 10 nitrogen and oxygen atoms in total. The highest BCUT2D eigenvalue weighted by atomic mass is 32.1. The Hall–Kier alpha value is -4.27. The fourth-order valence-corrected chi connectivity index (χ4v) is 15.6. The number of carbonyl (C=O) groups is 1. The summed E-state index contributed by atoms with van der Waals surface area (Å²) >= 11 is 4.97. The molecule has 2 atom stereocenters. The molecule has 0 aliphatic carbocycles. The van der Waals surface area contributed by atoms with Gasteiger partial charge in [-0.1, -0.05) is 366 Å². The molecule has 0 fully saturated rings. The van der Waals surface area contributed by atoms with Crippen LogP contribution in [-0.4, -0.2) is 66.1 Å². The molecule has 90 heavy (non-hydrogen) atoms. The maximum absolute atomic E-state index is 15.6. The van der Waals surface area contributed by atoms with Gasteiger partial charge in [0.2, 0.25) is 0 Å². The van der Waals surface area contributed by atoms with Crippen molar-refractivity contribution in [1.82, 2.24) is 30.6 Å². The average Bonchev–Trinajstić information content (AvgIpc) is 0.813. The molecule has 6 rings (SSSR count). The summed E-state index contributed by atoms with van der Waals surface area (Å²) in [5.41, 5.74) is 3.97. The van der Waals surface area contributed by atoms with Gasteiger partial charge in [-0.2, -0.15) is 0 Å². The van der Waals surface area contributed by atoms with Gasteiger partial charge in [0, 0.05) is 41.9 Å². The summed E-state index contributed by atoms with van der Waals surface area (Å²) in [6.45, 7) is 8.10. The third kappa shape index (κ3) is 26.6. The molecule has 498 valence electrons. The van der Waals surface area contributed by atoms with Gasteiger partial charge in [0.1, 0.15) is 48.2 Å². The van der Waals surface area contributed by atoms with Crippen LogP contribution in [0.4, 0.5) is 0 Å². The zero-order valence-corrected chi connectivity index (χ0v) is 59.0. The van der Waals surface area contributed by atoms with E-state index in [2.05, 4.69) is 107 Å². The highest BCUT2D eigenvalue weighted by molar-refractivity contribution is 7.15. The van der Waals surface area contributed by atoms with E-state index in [9.17, 15) is 10.2 Å². The fraction of sp³-hybridized carbons (Fsp3) is 0.675. The van der Waals surface area contributed by atoms with Crippen molar-refractivity contribution in [1.29, 1.82) is 0 Å². The predicted molar refractivity (Wildman–Crippen MR) is 382 cm³/mol.